The highest BCUT2D eigenvalue weighted by atomic mass is 16.5. The van der Waals surface area contributed by atoms with E-state index in [1.165, 1.54) is 0 Å². The SMILES string of the molecule is COc1cccc(-c2noc3nc(C4CC4)cc(C(=O)N[C@H](C)Cn4cccn4)c23)c1. The van der Waals surface area contributed by atoms with Gasteiger partial charge in [0.25, 0.3) is 11.6 Å². The molecule has 3 heterocycles. The van der Waals surface area contributed by atoms with E-state index in [4.69, 9.17) is 9.26 Å². The Morgan fingerprint density at radius 1 is 1.32 bits per heavy atom. The molecule has 0 spiro atoms. The van der Waals surface area contributed by atoms with Gasteiger partial charge in [-0.05, 0) is 44.0 Å². The Morgan fingerprint density at radius 2 is 2.19 bits per heavy atom. The average molecular weight is 417 g/mol. The van der Waals surface area contributed by atoms with Crippen molar-refractivity contribution >= 4 is 17.0 Å². The summed E-state index contributed by atoms with van der Waals surface area (Å²) in [5, 5.41) is 12.2. The van der Waals surface area contributed by atoms with E-state index in [-0.39, 0.29) is 11.9 Å². The van der Waals surface area contributed by atoms with Gasteiger partial charge in [-0.2, -0.15) is 5.10 Å². The van der Waals surface area contributed by atoms with E-state index in [0.717, 1.165) is 24.1 Å². The maximum absolute atomic E-state index is 13.3. The highest BCUT2D eigenvalue weighted by Crippen LogP contribution is 2.41. The molecule has 1 aromatic carbocycles. The lowest BCUT2D eigenvalue weighted by Gasteiger charge is -2.15. The minimum absolute atomic E-state index is 0.111. The van der Waals surface area contributed by atoms with Gasteiger partial charge in [0.1, 0.15) is 11.4 Å². The van der Waals surface area contributed by atoms with Crippen molar-refractivity contribution in [1.82, 2.24) is 25.2 Å². The third-order valence-electron chi connectivity index (χ3n) is 5.45. The first kappa shape index (κ1) is 19.3. The second-order valence-corrected chi connectivity index (χ2v) is 7.91. The smallest absolute Gasteiger partial charge is 0.259 e. The number of fused-ring (bicyclic) bond motifs is 1. The van der Waals surface area contributed by atoms with Crippen LogP contribution < -0.4 is 10.1 Å². The minimum atomic E-state index is -0.179. The van der Waals surface area contributed by atoms with Crippen LogP contribution in [0, 0.1) is 0 Å². The standard InChI is InChI=1S/C23H23N5O3/c1-14(13-28-10-4-9-24-28)25-22(29)18-12-19(15-7-8-15)26-23-20(18)21(27-31-23)16-5-3-6-17(11-16)30-2/h3-6,9-12,14-15H,7-8,13H2,1-2H3,(H,25,29)/t14-/m1/s1. The second-order valence-electron chi connectivity index (χ2n) is 7.91. The summed E-state index contributed by atoms with van der Waals surface area (Å²) in [7, 11) is 1.61. The number of rotatable bonds is 7. The molecule has 4 aromatic rings. The fraction of sp³-hybridized carbons (Fsp3) is 0.304. The molecule has 31 heavy (non-hydrogen) atoms. The fourth-order valence-electron chi connectivity index (χ4n) is 3.74. The van der Waals surface area contributed by atoms with Crippen LogP contribution in [0.4, 0.5) is 0 Å². The number of aromatic nitrogens is 4. The van der Waals surface area contributed by atoms with Gasteiger partial charge in [0.15, 0.2) is 0 Å². The van der Waals surface area contributed by atoms with Gasteiger partial charge in [-0.3, -0.25) is 9.48 Å². The molecule has 1 aliphatic carbocycles. The van der Waals surface area contributed by atoms with Crippen LogP contribution in [-0.2, 0) is 6.54 Å². The first-order valence-electron chi connectivity index (χ1n) is 10.4. The maximum atomic E-state index is 13.3. The summed E-state index contributed by atoms with van der Waals surface area (Å²) in [6.07, 6.45) is 5.75. The first-order chi connectivity index (χ1) is 15.1. The summed E-state index contributed by atoms with van der Waals surface area (Å²) < 4.78 is 12.7. The van der Waals surface area contributed by atoms with Gasteiger partial charge >= 0.3 is 0 Å². The molecule has 8 nitrogen and oxygen atoms in total. The van der Waals surface area contributed by atoms with E-state index < -0.39 is 0 Å². The van der Waals surface area contributed by atoms with Crippen molar-refractivity contribution in [2.24, 2.45) is 0 Å². The molecule has 1 N–H and O–H groups in total. The summed E-state index contributed by atoms with van der Waals surface area (Å²) in [5.41, 5.74) is 3.17. The molecule has 3 aromatic heterocycles. The monoisotopic (exact) mass is 417 g/mol. The van der Waals surface area contributed by atoms with Gasteiger partial charge in [0.05, 0.1) is 24.6 Å². The van der Waals surface area contributed by atoms with Crippen LogP contribution in [0.25, 0.3) is 22.4 Å². The third-order valence-corrected chi connectivity index (χ3v) is 5.45. The molecule has 0 radical (unpaired) electrons. The van der Waals surface area contributed by atoms with Crippen LogP contribution in [-0.4, -0.2) is 39.0 Å². The van der Waals surface area contributed by atoms with Gasteiger partial charge in [0.2, 0.25) is 0 Å². The molecule has 5 rings (SSSR count). The molecular formula is C23H23N5O3. The molecule has 0 aliphatic heterocycles. The number of ether oxygens (including phenoxy) is 1. The minimum Gasteiger partial charge on any atom is -0.497 e. The van der Waals surface area contributed by atoms with Gasteiger partial charge in [0, 0.05) is 35.6 Å². The number of carbonyl (C=O) groups excluding carboxylic acids is 1. The highest BCUT2D eigenvalue weighted by molar-refractivity contribution is 6.09. The van der Waals surface area contributed by atoms with E-state index in [9.17, 15) is 4.79 Å². The molecule has 158 valence electrons. The van der Waals surface area contributed by atoms with E-state index in [0.29, 0.717) is 40.6 Å². The van der Waals surface area contributed by atoms with Crippen LogP contribution in [0.5, 0.6) is 5.75 Å². The maximum Gasteiger partial charge on any atom is 0.259 e. The zero-order chi connectivity index (χ0) is 21.4. The Bertz CT molecular complexity index is 1230. The summed E-state index contributed by atoms with van der Waals surface area (Å²) in [5.74, 6) is 0.902. The number of hydrogen-bond acceptors (Lipinski definition) is 6. The Hall–Kier alpha value is -3.68. The average Bonchev–Trinajstić information content (AvgIpc) is 3.34. The zero-order valence-electron chi connectivity index (χ0n) is 17.4. The lowest BCUT2D eigenvalue weighted by molar-refractivity contribution is 0.0937. The Kier molecular flexibility index (Phi) is 4.89. The highest BCUT2D eigenvalue weighted by Gasteiger charge is 2.29. The Labute approximate surface area is 179 Å². The molecule has 0 saturated heterocycles. The lowest BCUT2D eigenvalue weighted by Crippen LogP contribution is -2.36. The number of hydrogen-bond donors (Lipinski definition) is 1. The molecule has 1 atom stereocenters. The van der Waals surface area contributed by atoms with Crippen LogP contribution in [0.1, 0.15) is 41.7 Å². The Balaban J connectivity index is 1.54. The summed E-state index contributed by atoms with van der Waals surface area (Å²) in [4.78, 5) is 18.0. The number of benzene rings is 1. The third kappa shape index (κ3) is 3.88. The number of amides is 1. The second kappa shape index (κ2) is 7.86. The molecule has 1 aliphatic rings. The van der Waals surface area contributed by atoms with Gasteiger partial charge in [-0.25, -0.2) is 4.98 Å². The number of pyridine rings is 1. The number of methoxy groups -OCH3 is 1. The van der Waals surface area contributed by atoms with Crippen LogP contribution in [0.3, 0.4) is 0 Å². The first-order valence-corrected chi connectivity index (χ1v) is 10.4. The summed E-state index contributed by atoms with van der Waals surface area (Å²) in [6.45, 7) is 2.53. The van der Waals surface area contributed by atoms with Crippen LogP contribution >= 0.6 is 0 Å². The van der Waals surface area contributed by atoms with Crippen molar-refractivity contribution < 1.29 is 14.1 Å². The van der Waals surface area contributed by atoms with Crippen molar-refractivity contribution in [3.05, 3.63) is 60.0 Å². The van der Waals surface area contributed by atoms with Gasteiger partial charge in [-0.1, -0.05) is 17.3 Å². The van der Waals surface area contributed by atoms with E-state index in [1.807, 2.05) is 49.5 Å². The van der Waals surface area contributed by atoms with Crippen molar-refractivity contribution in [1.29, 1.82) is 0 Å². The molecular weight excluding hydrogens is 394 g/mol. The Morgan fingerprint density at radius 3 is 2.94 bits per heavy atom. The fourth-order valence-corrected chi connectivity index (χ4v) is 3.74. The predicted octanol–water partition coefficient (Wildman–Crippen LogP) is 3.79. The van der Waals surface area contributed by atoms with Crippen LogP contribution in [0.15, 0.2) is 53.3 Å². The van der Waals surface area contributed by atoms with Crippen LogP contribution in [0.2, 0.25) is 0 Å². The molecule has 0 unspecified atom stereocenters. The van der Waals surface area contributed by atoms with Crippen molar-refractivity contribution in [2.75, 3.05) is 7.11 Å². The largest absolute Gasteiger partial charge is 0.497 e. The molecule has 8 heteroatoms. The molecule has 1 fully saturated rings. The number of nitrogens with one attached hydrogen (secondary N) is 1. The number of carbonyl (C=O) groups is 1. The molecule has 0 bridgehead atoms. The van der Waals surface area contributed by atoms with Crippen molar-refractivity contribution in [2.45, 2.75) is 38.3 Å². The van der Waals surface area contributed by atoms with Gasteiger partial charge < -0.3 is 14.6 Å². The quantitative estimate of drug-likeness (QED) is 0.492. The summed E-state index contributed by atoms with van der Waals surface area (Å²) >= 11 is 0. The normalized spacial score (nSPS) is 14.5. The summed E-state index contributed by atoms with van der Waals surface area (Å²) in [6, 6.07) is 11.2. The predicted molar refractivity (Wildman–Crippen MR) is 115 cm³/mol. The van der Waals surface area contributed by atoms with Crippen molar-refractivity contribution in [3.8, 4) is 17.0 Å². The zero-order valence-corrected chi connectivity index (χ0v) is 17.4. The molecule has 1 saturated carbocycles. The number of nitrogens with zero attached hydrogens (tertiary/aromatic N) is 4. The van der Waals surface area contributed by atoms with Crippen molar-refractivity contribution in [3.63, 3.8) is 0 Å². The van der Waals surface area contributed by atoms with E-state index >= 15 is 0 Å². The van der Waals surface area contributed by atoms with E-state index in [1.54, 1.807) is 18.0 Å². The molecule has 1 amide bonds. The topological polar surface area (TPSA) is 95.1 Å². The van der Waals surface area contributed by atoms with Gasteiger partial charge in [-0.15, -0.1) is 0 Å². The van der Waals surface area contributed by atoms with E-state index in [2.05, 4.69) is 20.6 Å². The lowest BCUT2D eigenvalue weighted by atomic mass is 10.0.